The van der Waals surface area contributed by atoms with Gasteiger partial charge in [0.25, 0.3) is 0 Å². The molecule has 0 saturated heterocycles. The maximum Gasteiger partial charge on any atom is 0.303 e. The highest BCUT2D eigenvalue weighted by molar-refractivity contribution is 5.83. The van der Waals surface area contributed by atoms with Crippen LogP contribution in [-0.4, -0.2) is 35.3 Å². The second-order valence-electron chi connectivity index (χ2n) is 16.5. The van der Waals surface area contributed by atoms with E-state index in [4.69, 9.17) is 9.47 Å². The van der Waals surface area contributed by atoms with Crippen molar-refractivity contribution in [3.05, 3.63) is 11.6 Å². The number of rotatable bonds is 3. The van der Waals surface area contributed by atoms with Crippen molar-refractivity contribution in [1.82, 2.24) is 5.48 Å². The highest BCUT2D eigenvalue weighted by Gasteiger charge is 2.70. The van der Waals surface area contributed by atoms with Gasteiger partial charge in [0, 0.05) is 19.3 Å². The van der Waals surface area contributed by atoms with Crippen LogP contribution in [0.3, 0.4) is 0 Å². The van der Waals surface area contributed by atoms with Gasteiger partial charge in [0.15, 0.2) is 0 Å². The third-order valence-corrected chi connectivity index (χ3v) is 13.7. The summed E-state index contributed by atoms with van der Waals surface area (Å²) in [6.07, 6.45) is 9.64. The summed E-state index contributed by atoms with van der Waals surface area (Å²) in [5.74, 6) is -0.112. The molecule has 230 valence electrons. The fourth-order valence-corrected chi connectivity index (χ4v) is 11.6. The van der Waals surface area contributed by atoms with Crippen LogP contribution in [0.2, 0.25) is 0 Å². The third-order valence-electron chi connectivity index (χ3n) is 13.7. The van der Waals surface area contributed by atoms with Crippen molar-refractivity contribution in [2.24, 2.45) is 50.2 Å². The van der Waals surface area contributed by atoms with E-state index in [-0.39, 0.29) is 50.8 Å². The van der Waals surface area contributed by atoms with Gasteiger partial charge in [-0.3, -0.25) is 19.6 Å². The number of nitrogens with one attached hydrogen (secondary N) is 1. The van der Waals surface area contributed by atoms with Gasteiger partial charge in [-0.15, -0.1) is 0 Å². The molecule has 1 amide bonds. The Labute approximate surface area is 246 Å². The van der Waals surface area contributed by atoms with Crippen LogP contribution < -0.4 is 5.48 Å². The van der Waals surface area contributed by atoms with Gasteiger partial charge in [-0.05, 0) is 97.2 Å². The Kier molecular flexibility index (Phi) is 7.12. The molecule has 0 radical (unpaired) electrons. The van der Waals surface area contributed by atoms with Gasteiger partial charge in [-0.25, -0.2) is 5.48 Å². The molecule has 0 spiro atoms. The molecule has 2 N–H and O–H groups in total. The average molecular weight is 572 g/mol. The van der Waals surface area contributed by atoms with Crippen LogP contribution in [0, 0.1) is 50.2 Å². The third kappa shape index (κ3) is 4.25. The van der Waals surface area contributed by atoms with E-state index in [9.17, 15) is 19.6 Å². The van der Waals surface area contributed by atoms with E-state index in [1.54, 1.807) is 0 Å². The van der Waals surface area contributed by atoms with E-state index < -0.39 is 17.6 Å². The highest BCUT2D eigenvalue weighted by atomic mass is 16.6. The number of carbonyl (C=O) groups excluding carboxylic acids is 3. The Morgan fingerprint density at radius 1 is 0.854 bits per heavy atom. The molecule has 0 aliphatic heterocycles. The zero-order valence-electron chi connectivity index (χ0n) is 26.8. The summed E-state index contributed by atoms with van der Waals surface area (Å²) in [5.41, 5.74) is 2.53. The standard InChI is InChI=1S/C34H53NO6/c1-20(36)40-24-19-31(7)25(30(5,6)27(24)41-21(2)37)12-13-33(9)26(31)11-10-22-23-18-29(3,4)14-16-34(23,28(38)35-39)17-15-32(22,33)8/h10,23-27,39H,11-19H2,1-9H3,(H,35,38)/t23-,24+,25-,26+,27-,31-,32+,33+,34-/m0/s1. The van der Waals surface area contributed by atoms with Crippen molar-refractivity contribution in [3.8, 4) is 0 Å². The molecule has 0 bridgehead atoms. The molecule has 5 rings (SSSR count). The first-order chi connectivity index (χ1) is 18.9. The van der Waals surface area contributed by atoms with Crippen molar-refractivity contribution in [1.29, 1.82) is 0 Å². The van der Waals surface area contributed by atoms with Gasteiger partial charge in [0.2, 0.25) is 5.91 Å². The predicted octanol–water partition coefficient (Wildman–Crippen LogP) is 6.77. The van der Waals surface area contributed by atoms with Crippen molar-refractivity contribution in [2.75, 3.05) is 0 Å². The van der Waals surface area contributed by atoms with Gasteiger partial charge >= 0.3 is 11.9 Å². The molecule has 0 heterocycles. The maximum absolute atomic E-state index is 13.4. The number of hydroxylamine groups is 1. The van der Waals surface area contributed by atoms with Crippen LogP contribution in [-0.2, 0) is 23.9 Å². The summed E-state index contributed by atoms with van der Waals surface area (Å²) in [7, 11) is 0. The molecular formula is C34H53NO6. The molecule has 7 heteroatoms. The number of esters is 2. The summed E-state index contributed by atoms with van der Waals surface area (Å²) in [6, 6.07) is 0. The number of hydrogen-bond acceptors (Lipinski definition) is 6. The first-order valence-electron chi connectivity index (χ1n) is 15.9. The summed E-state index contributed by atoms with van der Waals surface area (Å²) in [4.78, 5) is 37.8. The second-order valence-corrected chi connectivity index (χ2v) is 16.5. The molecule has 4 fully saturated rings. The lowest BCUT2D eigenvalue weighted by atomic mass is 9.33. The number of fused-ring (bicyclic) bond motifs is 7. The highest BCUT2D eigenvalue weighted by Crippen LogP contribution is 2.76. The minimum Gasteiger partial charge on any atom is -0.459 e. The van der Waals surface area contributed by atoms with E-state index in [1.807, 2.05) is 0 Å². The van der Waals surface area contributed by atoms with Crippen molar-refractivity contribution < 1.29 is 29.1 Å². The molecule has 5 aliphatic carbocycles. The minimum absolute atomic E-state index is 0.00308. The SMILES string of the molecule is CC(=O)O[C@@H]1C[C@]2(C)[C@H]3CC=C4[C@@H]5CC(C)(C)CC[C@]5(C(=O)NO)CC[C@@]4(C)[C@]3(C)CC[C@H]2C(C)(C)[C@H]1OC(C)=O. The lowest BCUT2D eigenvalue weighted by Crippen LogP contribution is -2.68. The number of allylic oxidation sites excluding steroid dienone is 2. The van der Waals surface area contributed by atoms with Crippen LogP contribution in [0.4, 0.5) is 0 Å². The Bertz CT molecular complexity index is 1160. The zero-order valence-corrected chi connectivity index (χ0v) is 26.8. The van der Waals surface area contributed by atoms with E-state index in [0.29, 0.717) is 18.3 Å². The van der Waals surface area contributed by atoms with Crippen LogP contribution in [0.15, 0.2) is 11.6 Å². The van der Waals surface area contributed by atoms with Gasteiger partial charge in [0.1, 0.15) is 12.2 Å². The topological polar surface area (TPSA) is 102 Å². The fourth-order valence-electron chi connectivity index (χ4n) is 11.6. The first kappa shape index (κ1) is 30.6. The second kappa shape index (κ2) is 9.56. The smallest absolute Gasteiger partial charge is 0.303 e. The largest absolute Gasteiger partial charge is 0.459 e. The molecule has 9 atom stereocenters. The number of carbonyl (C=O) groups is 3. The van der Waals surface area contributed by atoms with Crippen molar-refractivity contribution in [3.63, 3.8) is 0 Å². The monoisotopic (exact) mass is 571 g/mol. The van der Waals surface area contributed by atoms with Gasteiger partial charge in [-0.2, -0.15) is 0 Å². The Balaban J connectivity index is 1.59. The minimum atomic E-state index is -0.551. The number of amides is 1. The lowest BCUT2D eigenvalue weighted by molar-refractivity contribution is -0.244. The molecule has 41 heavy (non-hydrogen) atoms. The Morgan fingerprint density at radius 2 is 1.49 bits per heavy atom. The summed E-state index contributed by atoms with van der Waals surface area (Å²) >= 11 is 0. The quantitative estimate of drug-likeness (QED) is 0.168. The van der Waals surface area contributed by atoms with E-state index >= 15 is 0 Å². The van der Waals surface area contributed by atoms with Crippen molar-refractivity contribution >= 4 is 17.8 Å². The summed E-state index contributed by atoms with van der Waals surface area (Å²) < 4.78 is 11.9. The molecule has 7 nitrogen and oxygen atoms in total. The molecular weight excluding hydrogens is 518 g/mol. The lowest BCUT2D eigenvalue weighted by Gasteiger charge is -2.71. The van der Waals surface area contributed by atoms with Crippen LogP contribution in [0.5, 0.6) is 0 Å². The molecule has 5 aliphatic rings. The van der Waals surface area contributed by atoms with E-state index in [0.717, 1.165) is 51.4 Å². The van der Waals surface area contributed by atoms with Crippen LogP contribution in [0.25, 0.3) is 0 Å². The number of ether oxygens (including phenoxy) is 2. The predicted molar refractivity (Wildman–Crippen MR) is 155 cm³/mol. The first-order valence-corrected chi connectivity index (χ1v) is 15.9. The Morgan fingerprint density at radius 3 is 2.10 bits per heavy atom. The number of hydrogen-bond donors (Lipinski definition) is 2. The zero-order chi connectivity index (χ0) is 30.4. The van der Waals surface area contributed by atoms with Gasteiger partial charge < -0.3 is 9.47 Å². The molecule has 0 unspecified atom stereocenters. The molecule has 0 aromatic rings. The molecule has 0 aromatic heterocycles. The van der Waals surface area contributed by atoms with E-state index in [2.05, 4.69) is 60.0 Å². The average Bonchev–Trinajstić information content (AvgIpc) is 2.85. The van der Waals surface area contributed by atoms with Gasteiger partial charge in [0.05, 0.1) is 5.41 Å². The fraction of sp³-hybridized carbons (Fsp3) is 0.853. The normalized spacial score (nSPS) is 45.9. The van der Waals surface area contributed by atoms with Crippen LogP contribution >= 0.6 is 0 Å². The maximum atomic E-state index is 13.4. The summed E-state index contributed by atoms with van der Waals surface area (Å²) in [6.45, 7) is 19.3. The Hall–Kier alpha value is -1.89. The summed E-state index contributed by atoms with van der Waals surface area (Å²) in [5, 5.41) is 9.84. The molecule has 4 saturated carbocycles. The van der Waals surface area contributed by atoms with E-state index in [1.165, 1.54) is 19.4 Å². The van der Waals surface area contributed by atoms with Crippen molar-refractivity contribution in [2.45, 2.75) is 132 Å². The van der Waals surface area contributed by atoms with Crippen LogP contribution in [0.1, 0.15) is 120 Å². The molecule has 0 aromatic carbocycles. The van der Waals surface area contributed by atoms with Gasteiger partial charge in [-0.1, -0.05) is 60.1 Å².